The van der Waals surface area contributed by atoms with Crippen LogP contribution in [0.15, 0.2) is 30.3 Å². The highest BCUT2D eigenvalue weighted by atomic mass is 31.2. The van der Waals surface area contributed by atoms with Crippen LogP contribution >= 0.6 is 8.53 Å². The molecule has 29 heavy (non-hydrogen) atoms. The minimum Gasteiger partial charge on any atom is -0.468 e. The summed E-state index contributed by atoms with van der Waals surface area (Å²) in [6, 6.07) is 7.71. The fourth-order valence-electron chi connectivity index (χ4n) is 1.61. The first kappa shape index (κ1) is 24.6. The Labute approximate surface area is 165 Å². The van der Waals surface area contributed by atoms with Crippen LogP contribution in [-0.4, -0.2) is 19.6 Å². The Kier molecular flexibility index (Phi) is 10.3. The minimum atomic E-state index is -2.50. The van der Waals surface area contributed by atoms with Crippen LogP contribution in [0.25, 0.3) is 0 Å². The van der Waals surface area contributed by atoms with E-state index in [9.17, 15) is 26.7 Å². The van der Waals surface area contributed by atoms with Gasteiger partial charge in [0.25, 0.3) is 0 Å². The largest absolute Gasteiger partial charge is 0.468 e. The maximum atomic E-state index is 13.8. The van der Waals surface area contributed by atoms with E-state index in [-0.39, 0.29) is 5.75 Å². The maximum Gasteiger partial charge on any atom is 0.382 e. The number of ether oxygens (including phenoxy) is 1. The van der Waals surface area contributed by atoms with Gasteiger partial charge in [-0.1, -0.05) is 38.5 Å². The van der Waals surface area contributed by atoms with Gasteiger partial charge in [-0.15, -0.1) is 0 Å². The van der Waals surface area contributed by atoms with Crippen molar-refractivity contribution < 1.29 is 40.5 Å². The van der Waals surface area contributed by atoms with E-state index < -0.39 is 55.9 Å². The van der Waals surface area contributed by atoms with Crippen LogP contribution in [0.2, 0.25) is 0 Å². The van der Waals surface area contributed by atoms with E-state index in [0.717, 1.165) is 7.11 Å². The van der Waals surface area contributed by atoms with Gasteiger partial charge in [0.1, 0.15) is 12.3 Å². The lowest BCUT2D eigenvalue weighted by molar-refractivity contribution is -0.139. The number of methoxy groups -OCH3 is 1. The van der Waals surface area contributed by atoms with Crippen LogP contribution < -0.4 is 14.1 Å². The van der Waals surface area contributed by atoms with Crippen molar-refractivity contribution in [1.29, 1.82) is 0 Å². The molecule has 1 atom stereocenters. The second-order valence-corrected chi connectivity index (χ2v) is 6.47. The summed E-state index contributed by atoms with van der Waals surface area (Å²) in [6.45, 7) is 3.75. The first-order valence-corrected chi connectivity index (χ1v) is 9.47. The standard InChI is InChI=1S/C15H11F5NO4P.C3H8/c1-23-9(22)7-21-26(24-8-5-3-2-4-6-8)25-15-13(19)11(17)10(16)12(18)14(15)20;1-3-2/h2-6,21H,7H2,1H3;3H2,1-2H3. The van der Waals surface area contributed by atoms with Crippen molar-refractivity contribution >= 4 is 14.5 Å². The number of nitrogens with one attached hydrogen (secondary N) is 1. The summed E-state index contributed by atoms with van der Waals surface area (Å²) >= 11 is 0. The highest BCUT2D eigenvalue weighted by Gasteiger charge is 2.30. The molecule has 5 nitrogen and oxygen atoms in total. The minimum absolute atomic E-state index is 0.167. The number of para-hydroxylation sites is 1. The van der Waals surface area contributed by atoms with Crippen LogP contribution in [0.5, 0.6) is 11.5 Å². The number of hydrogen-bond acceptors (Lipinski definition) is 5. The Hall–Kier alpha value is -2.45. The third-order valence-corrected chi connectivity index (χ3v) is 4.00. The molecule has 2 aromatic rings. The van der Waals surface area contributed by atoms with Gasteiger partial charge in [-0.05, 0) is 12.1 Å². The molecule has 11 heteroatoms. The molecule has 0 radical (unpaired) electrons. The number of carbonyl (C=O) groups excluding carboxylic acids is 1. The zero-order valence-electron chi connectivity index (χ0n) is 15.8. The van der Waals surface area contributed by atoms with Crippen LogP contribution in [0.1, 0.15) is 20.3 Å². The first-order valence-electron chi connectivity index (χ1n) is 8.29. The van der Waals surface area contributed by atoms with Crippen molar-refractivity contribution in [1.82, 2.24) is 5.09 Å². The van der Waals surface area contributed by atoms with E-state index >= 15 is 0 Å². The van der Waals surface area contributed by atoms with Crippen LogP contribution in [0.3, 0.4) is 0 Å². The second kappa shape index (κ2) is 12.2. The molecule has 0 heterocycles. The van der Waals surface area contributed by atoms with E-state index in [0.29, 0.717) is 0 Å². The molecule has 0 bridgehead atoms. The van der Waals surface area contributed by atoms with Crippen LogP contribution in [-0.2, 0) is 9.53 Å². The van der Waals surface area contributed by atoms with Crippen LogP contribution in [0, 0.1) is 29.1 Å². The molecule has 1 unspecified atom stereocenters. The summed E-state index contributed by atoms with van der Waals surface area (Å²) < 4.78 is 81.7. The Bertz CT molecular complexity index is 782. The van der Waals surface area contributed by atoms with Crippen molar-refractivity contribution in [2.24, 2.45) is 0 Å². The molecule has 0 aromatic heterocycles. The number of esters is 1. The molecule has 0 saturated carbocycles. The number of hydrogen-bond donors (Lipinski definition) is 1. The van der Waals surface area contributed by atoms with Gasteiger partial charge in [-0.3, -0.25) is 4.79 Å². The van der Waals surface area contributed by atoms with Gasteiger partial charge in [0.15, 0.2) is 0 Å². The lowest BCUT2D eigenvalue weighted by Crippen LogP contribution is -2.23. The maximum absolute atomic E-state index is 13.8. The summed E-state index contributed by atoms with van der Waals surface area (Å²) in [5, 5.41) is 2.35. The third kappa shape index (κ3) is 7.14. The fourth-order valence-corrected chi connectivity index (χ4v) is 2.67. The molecule has 0 aliphatic rings. The molecule has 160 valence electrons. The van der Waals surface area contributed by atoms with Gasteiger partial charge in [0.05, 0.1) is 7.11 Å². The van der Waals surface area contributed by atoms with Gasteiger partial charge >= 0.3 is 14.5 Å². The highest BCUT2D eigenvalue weighted by Crippen LogP contribution is 2.40. The molecule has 2 rings (SSSR count). The average molecular weight is 439 g/mol. The number of rotatable bonds is 7. The predicted octanol–water partition coefficient (Wildman–Crippen LogP) is 5.25. The van der Waals surface area contributed by atoms with Crippen molar-refractivity contribution in [2.75, 3.05) is 13.7 Å². The first-order chi connectivity index (χ1) is 13.8. The van der Waals surface area contributed by atoms with E-state index in [4.69, 9.17) is 9.05 Å². The quantitative estimate of drug-likeness (QED) is 0.210. The monoisotopic (exact) mass is 439 g/mol. The van der Waals surface area contributed by atoms with E-state index in [1.165, 1.54) is 18.6 Å². The molecule has 0 aliphatic carbocycles. The summed E-state index contributed by atoms with van der Waals surface area (Å²) in [6.07, 6.45) is 1.25. The molecular formula is C18H19F5NO4P. The Balaban J connectivity index is 0.00000132. The zero-order chi connectivity index (χ0) is 22.0. The molecule has 0 spiro atoms. The molecule has 1 N–H and O–H groups in total. The molecule has 0 amide bonds. The summed E-state index contributed by atoms with van der Waals surface area (Å²) in [4.78, 5) is 11.2. The lowest BCUT2D eigenvalue weighted by Gasteiger charge is -2.19. The van der Waals surface area contributed by atoms with Gasteiger partial charge in [0, 0.05) is 0 Å². The Morgan fingerprint density at radius 3 is 1.86 bits per heavy atom. The van der Waals surface area contributed by atoms with E-state index in [2.05, 4.69) is 23.7 Å². The van der Waals surface area contributed by atoms with Gasteiger partial charge in [-0.25, -0.2) is 18.3 Å². The number of halogens is 5. The van der Waals surface area contributed by atoms with Gasteiger partial charge < -0.3 is 13.8 Å². The fraction of sp³-hybridized carbons (Fsp3) is 0.278. The molecule has 2 aromatic carbocycles. The van der Waals surface area contributed by atoms with Crippen molar-refractivity contribution in [2.45, 2.75) is 20.3 Å². The average Bonchev–Trinajstić information content (AvgIpc) is 2.73. The zero-order valence-corrected chi connectivity index (χ0v) is 16.7. The van der Waals surface area contributed by atoms with Crippen molar-refractivity contribution in [3.63, 3.8) is 0 Å². The second-order valence-electron chi connectivity index (χ2n) is 5.27. The number of carbonyl (C=O) groups is 1. The van der Waals surface area contributed by atoms with Gasteiger partial charge in [0.2, 0.25) is 34.8 Å². The smallest absolute Gasteiger partial charge is 0.382 e. The van der Waals surface area contributed by atoms with E-state index in [1.54, 1.807) is 18.2 Å². The highest BCUT2D eigenvalue weighted by molar-refractivity contribution is 7.45. The Morgan fingerprint density at radius 2 is 1.38 bits per heavy atom. The molecule has 0 aliphatic heterocycles. The van der Waals surface area contributed by atoms with Crippen LogP contribution in [0.4, 0.5) is 22.0 Å². The van der Waals surface area contributed by atoms with E-state index in [1.807, 2.05) is 0 Å². The summed E-state index contributed by atoms with van der Waals surface area (Å²) in [5.74, 6) is -13.1. The lowest BCUT2D eigenvalue weighted by atomic mass is 10.3. The molecule has 0 fully saturated rings. The SMILES string of the molecule is CCC.COC(=O)CNP(Oc1ccccc1)Oc1c(F)c(F)c(F)c(F)c1F. The Morgan fingerprint density at radius 1 is 0.897 bits per heavy atom. The van der Waals surface area contributed by atoms with Gasteiger partial charge in [-0.2, -0.15) is 8.78 Å². The topological polar surface area (TPSA) is 56.8 Å². The number of benzene rings is 2. The summed E-state index contributed by atoms with van der Waals surface area (Å²) in [5.41, 5.74) is 0. The molecule has 0 saturated heterocycles. The van der Waals surface area contributed by atoms with Crippen molar-refractivity contribution in [3.8, 4) is 11.5 Å². The van der Waals surface area contributed by atoms with Crippen molar-refractivity contribution in [3.05, 3.63) is 59.4 Å². The molecular weight excluding hydrogens is 420 g/mol. The third-order valence-electron chi connectivity index (χ3n) is 2.86. The predicted molar refractivity (Wildman–Crippen MR) is 96.8 cm³/mol. The summed E-state index contributed by atoms with van der Waals surface area (Å²) in [7, 11) is -1.41. The normalized spacial score (nSPS) is 11.2.